The first-order valence-corrected chi connectivity index (χ1v) is 9.61. The molecule has 1 heterocycles. The van der Waals surface area contributed by atoms with Crippen LogP contribution >= 0.6 is 0 Å². The smallest absolute Gasteiger partial charge is 0.261 e. The molecule has 0 amide bonds. The predicted molar refractivity (Wildman–Crippen MR) is 103 cm³/mol. The van der Waals surface area contributed by atoms with Crippen molar-refractivity contribution in [2.45, 2.75) is 4.90 Å². The zero-order valence-electron chi connectivity index (χ0n) is 14.1. The first-order chi connectivity index (χ1) is 13.1. The minimum Gasteiger partial charge on any atom is -0.297 e. The second-order valence-electron chi connectivity index (χ2n) is 5.86. The standard InChI is InChI=1S/C20H14N4O2S/c21-13-15-9-11-16(12-10-15)27(25,26)23-18-6-2-4-8-20(18)24-14-22-17-5-1-3-7-19(17)24/h1-12,14,23H. The molecule has 1 N–H and O–H groups in total. The maximum Gasteiger partial charge on any atom is 0.261 e. The minimum atomic E-state index is -3.80. The summed E-state index contributed by atoms with van der Waals surface area (Å²) in [6.07, 6.45) is 1.67. The van der Waals surface area contributed by atoms with Gasteiger partial charge in [0.25, 0.3) is 10.0 Å². The first-order valence-electron chi connectivity index (χ1n) is 8.13. The van der Waals surface area contributed by atoms with Gasteiger partial charge in [-0.1, -0.05) is 24.3 Å². The van der Waals surface area contributed by atoms with Crippen LogP contribution in [0.4, 0.5) is 5.69 Å². The van der Waals surface area contributed by atoms with Crippen LogP contribution in [0.2, 0.25) is 0 Å². The molecule has 0 bridgehead atoms. The van der Waals surface area contributed by atoms with Gasteiger partial charge in [0, 0.05) is 0 Å². The van der Waals surface area contributed by atoms with Crippen LogP contribution in [-0.2, 0) is 10.0 Å². The van der Waals surface area contributed by atoms with Gasteiger partial charge in [-0.15, -0.1) is 0 Å². The molecule has 0 saturated heterocycles. The van der Waals surface area contributed by atoms with Crippen molar-refractivity contribution in [2.75, 3.05) is 4.72 Å². The number of anilines is 1. The normalized spacial score (nSPS) is 11.2. The Morgan fingerprint density at radius 2 is 1.63 bits per heavy atom. The van der Waals surface area contributed by atoms with Crippen LogP contribution in [0, 0.1) is 11.3 Å². The molecule has 0 aliphatic rings. The Labute approximate surface area is 156 Å². The molecule has 0 radical (unpaired) electrons. The number of nitrogens with one attached hydrogen (secondary N) is 1. The van der Waals surface area contributed by atoms with Gasteiger partial charge in [-0.2, -0.15) is 5.26 Å². The fraction of sp³-hybridized carbons (Fsp3) is 0. The SMILES string of the molecule is N#Cc1ccc(S(=O)(=O)Nc2ccccc2-n2cnc3ccccc32)cc1. The number of nitrogens with zero attached hydrogens (tertiary/aromatic N) is 3. The van der Waals surface area contributed by atoms with Crippen LogP contribution in [0.15, 0.2) is 84.0 Å². The van der Waals surface area contributed by atoms with Crippen molar-refractivity contribution in [1.29, 1.82) is 5.26 Å². The molecule has 4 rings (SSSR count). The zero-order chi connectivity index (χ0) is 18.9. The van der Waals surface area contributed by atoms with Gasteiger partial charge in [0.15, 0.2) is 0 Å². The second kappa shape index (κ2) is 6.59. The molecule has 7 heteroatoms. The molecular weight excluding hydrogens is 360 g/mol. The van der Waals surface area contributed by atoms with Gasteiger partial charge < -0.3 is 0 Å². The van der Waals surface area contributed by atoms with Gasteiger partial charge >= 0.3 is 0 Å². The largest absolute Gasteiger partial charge is 0.297 e. The van der Waals surface area contributed by atoms with E-state index in [0.29, 0.717) is 16.9 Å². The number of hydrogen-bond acceptors (Lipinski definition) is 4. The Hall–Kier alpha value is -3.63. The van der Waals surface area contributed by atoms with Gasteiger partial charge in [-0.05, 0) is 48.5 Å². The molecule has 0 fully saturated rings. The van der Waals surface area contributed by atoms with Gasteiger partial charge in [0.05, 0.1) is 38.9 Å². The number of benzene rings is 3. The van der Waals surface area contributed by atoms with Crippen molar-refractivity contribution in [2.24, 2.45) is 0 Å². The number of para-hydroxylation sites is 4. The van der Waals surface area contributed by atoms with Gasteiger partial charge in [0.1, 0.15) is 6.33 Å². The van der Waals surface area contributed by atoms with Gasteiger partial charge in [-0.25, -0.2) is 13.4 Å². The highest BCUT2D eigenvalue weighted by molar-refractivity contribution is 7.92. The summed E-state index contributed by atoms with van der Waals surface area (Å²) in [6.45, 7) is 0. The maximum absolute atomic E-state index is 12.8. The Kier molecular flexibility index (Phi) is 4.11. The molecular formula is C20H14N4O2S. The fourth-order valence-corrected chi connectivity index (χ4v) is 3.91. The Balaban J connectivity index is 1.76. The highest BCUT2D eigenvalue weighted by atomic mass is 32.2. The molecule has 0 atom stereocenters. The van der Waals surface area contributed by atoms with Crippen molar-refractivity contribution < 1.29 is 8.42 Å². The topological polar surface area (TPSA) is 87.8 Å². The summed E-state index contributed by atoms with van der Waals surface area (Å²) in [5.74, 6) is 0. The molecule has 132 valence electrons. The third kappa shape index (κ3) is 3.14. The van der Waals surface area contributed by atoms with E-state index in [9.17, 15) is 8.42 Å². The van der Waals surface area contributed by atoms with Crippen LogP contribution in [0.5, 0.6) is 0 Å². The van der Waals surface area contributed by atoms with E-state index in [0.717, 1.165) is 11.0 Å². The molecule has 3 aromatic carbocycles. The van der Waals surface area contributed by atoms with Crippen molar-refractivity contribution in [1.82, 2.24) is 9.55 Å². The quantitative estimate of drug-likeness (QED) is 0.590. The third-order valence-corrected chi connectivity index (χ3v) is 5.54. The Morgan fingerprint density at radius 3 is 2.41 bits per heavy atom. The molecule has 27 heavy (non-hydrogen) atoms. The average Bonchev–Trinajstić information content (AvgIpc) is 3.12. The maximum atomic E-state index is 12.8. The highest BCUT2D eigenvalue weighted by Crippen LogP contribution is 2.26. The minimum absolute atomic E-state index is 0.0896. The van der Waals surface area contributed by atoms with E-state index in [1.54, 1.807) is 18.5 Å². The first kappa shape index (κ1) is 16.8. The van der Waals surface area contributed by atoms with Gasteiger partial charge in [-0.3, -0.25) is 9.29 Å². The van der Waals surface area contributed by atoms with Crippen molar-refractivity contribution in [3.63, 3.8) is 0 Å². The summed E-state index contributed by atoms with van der Waals surface area (Å²) in [5.41, 5.74) is 3.21. The predicted octanol–water partition coefficient (Wildman–Crippen LogP) is 3.70. The molecule has 1 aromatic heterocycles. The zero-order valence-corrected chi connectivity index (χ0v) is 14.9. The van der Waals surface area contributed by atoms with Crippen LogP contribution in [0.3, 0.4) is 0 Å². The number of fused-ring (bicyclic) bond motifs is 1. The lowest BCUT2D eigenvalue weighted by molar-refractivity contribution is 0.601. The molecule has 0 saturated carbocycles. The number of hydrogen-bond donors (Lipinski definition) is 1. The number of nitriles is 1. The molecule has 0 spiro atoms. The number of sulfonamides is 1. The van der Waals surface area contributed by atoms with E-state index in [1.165, 1.54) is 24.3 Å². The number of aromatic nitrogens is 2. The molecule has 6 nitrogen and oxygen atoms in total. The molecule has 0 aliphatic heterocycles. The van der Waals surface area contributed by atoms with Crippen LogP contribution in [0.1, 0.15) is 5.56 Å². The van der Waals surface area contributed by atoms with E-state index in [2.05, 4.69) is 9.71 Å². The van der Waals surface area contributed by atoms with E-state index < -0.39 is 10.0 Å². The van der Waals surface area contributed by atoms with Gasteiger partial charge in [0.2, 0.25) is 0 Å². The number of imidazole rings is 1. The van der Waals surface area contributed by atoms with E-state index in [4.69, 9.17) is 5.26 Å². The second-order valence-corrected chi connectivity index (χ2v) is 7.54. The fourth-order valence-electron chi connectivity index (χ4n) is 2.83. The highest BCUT2D eigenvalue weighted by Gasteiger charge is 2.17. The van der Waals surface area contributed by atoms with Crippen molar-refractivity contribution in [3.05, 3.63) is 84.7 Å². The Bertz CT molecular complexity index is 1270. The van der Waals surface area contributed by atoms with Crippen molar-refractivity contribution in [3.8, 4) is 11.8 Å². The van der Waals surface area contributed by atoms with E-state index in [1.807, 2.05) is 47.0 Å². The van der Waals surface area contributed by atoms with E-state index >= 15 is 0 Å². The summed E-state index contributed by atoms with van der Waals surface area (Å²) in [4.78, 5) is 4.45. The Morgan fingerprint density at radius 1 is 0.926 bits per heavy atom. The van der Waals surface area contributed by atoms with Crippen molar-refractivity contribution >= 4 is 26.7 Å². The molecule has 4 aromatic rings. The average molecular weight is 374 g/mol. The van der Waals surface area contributed by atoms with Crippen LogP contribution in [-0.4, -0.2) is 18.0 Å². The lowest BCUT2D eigenvalue weighted by atomic mass is 10.2. The van der Waals surface area contributed by atoms with E-state index in [-0.39, 0.29) is 4.90 Å². The summed E-state index contributed by atoms with van der Waals surface area (Å²) in [5, 5.41) is 8.87. The molecule has 0 aliphatic carbocycles. The lowest BCUT2D eigenvalue weighted by Crippen LogP contribution is -2.14. The number of rotatable bonds is 4. The summed E-state index contributed by atoms with van der Waals surface area (Å²) >= 11 is 0. The lowest BCUT2D eigenvalue weighted by Gasteiger charge is -2.14. The van der Waals surface area contributed by atoms with Crippen LogP contribution in [0.25, 0.3) is 16.7 Å². The monoisotopic (exact) mass is 374 g/mol. The molecule has 0 unspecified atom stereocenters. The summed E-state index contributed by atoms with van der Waals surface area (Å²) < 4.78 is 30.0. The summed E-state index contributed by atoms with van der Waals surface area (Å²) in [6, 6.07) is 22.5. The third-order valence-electron chi connectivity index (χ3n) is 4.16. The van der Waals surface area contributed by atoms with Crippen LogP contribution < -0.4 is 4.72 Å². The summed E-state index contributed by atoms with van der Waals surface area (Å²) in [7, 11) is -3.80.